The molecular weight excluding hydrogens is 616 g/mol. The van der Waals surface area contributed by atoms with Crippen molar-refractivity contribution in [3.8, 4) is 11.1 Å². The number of carbonyl (C=O) groups is 3. The van der Waals surface area contributed by atoms with Gasteiger partial charge in [0.1, 0.15) is 5.82 Å². The van der Waals surface area contributed by atoms with E-state index in [1.807, 2.05) is 31.2 Å². The summed E-state index contributed by atoms with van der Waals surface area (Å²) in [4.78, 5) is 39.5. The van der Waals surface area contributed by atoms with E-state index in [0.29, 0.717) is 29.2 Å². The highest BCUT2D eigenvalue weighted by Crippen LogP contribution is 2.40. The van der Waals surface area contributed by atoms with E-state index < -0.39 is 52.8 Å². The molecule has 2 aliphatic carbocycles. The molecule has 2 aromatic carbocycles. The number of aromatic nitrogens is 1. The number of benzene rings is 2. The van der Waals surface area contributed by atoms with Crippen molar-refractivity contribution in [1.82, 2.24) is 4.98 Å². The van der Waals surface area contributed by atoms with Crippen LogP contribution in [0.4, 0.5) is 37.8 Å². The molecule has 7 nitrogen and oxygen atoms in total. The summed E-state index contributed by atoms with van der Waals surface area (Å²) in [5.74, 6) is -1.12. The van der Waals surface area contributed by atoms with Gasteiger partial charge in [0, 0.05) is 11.5 Å². The summed E-state index contributed by atoms with van der Waals surface area (Å²) < 4.78 is 80.4. The molecule has 0 aliphatic heterocycles. The number of halogens is 6. The molecule has 3 N–H and O–H groups in total. The molecule has 1 heterocycles. The maximum Gasteiger partial charge on any atom is 0.416 e. The molecule has 0 unspecified atom stereocenters. The van der Waals surface area contributed by atoms with E-state index in [4.69, 9.17) is 5.11 Å². The van der Waals surface area contributed by atoms with Crippen molar-refractivity contribution >= 4 is 29.2 Å². The molecule has 46 heavy (non-hydrogen) atoms. The fraction of sp³-hybridized carbons (Fsp3) is 0.394. The maximum atomic E-state index is 13.4. The number of ketones is 1. The first-order valence-electron chi connectivity index (χ1n) is 14.5. The van der Waals surface area contributed by atoms with Gasteiger partial charge in [0.15, 0.2) is 5.78 Å². The largest absolute Gasteiger partial charge is 0.481 e. The molecule has 2 saturated carbocycles. The third-order valence-corrected chi connectivity index (χ3v) is 7.91. The smallest absolute Gasteiger partial charge is 0.416 e. The van der Waals surface area contributed by atoms with E-state index in [1.165, 1.54) is 20.0 Å². The quantitative estimate of drug-likeness (QED) is 0.204. The molecule has 1 aromatic heterocycles. The Morgan fingerprint density at radius 2 is 1.37 bits per heavy atom. The van der Waals surface area contributed by atoms with Crippen LogP contribution in [-0.2, 0) is 32.2 Å². The van der Waals surface area contributed by atoms with Crippen LogP contribution in [0.2, 0.25) is 0 Å². The molecule has 5 rings (SSSR count). The van der Waals surface area contributed by atoms with Crippen molar-refractivity contribution in [2.24, 2.45) is 11.8 Å². The average Bonchev–Trinajstić information content (AvgIpc) is 3.88. The fourth-order valence-corrected chi connectivity index (χ4v) is 4.54. The lowest BCUT2D eigenvalue weighted by atomic mass is 9.79. The van der Waals surface area contributed by atoms with Gasteiger partial charge in [-0.2, -0.15) is 26.3 Å². The SMILES string of the molecule is Cc1ccccc1-c1cc(NC(=O)C2CC2)ncc1NCC(=O)C(C)(C)c1cc(C(F)(F)F)cc(C(F)(F)F)c1.O=C(O)C1CC1. The number of hydrogen-bond donors (Lipinski definition) is 3. The van der Waals surface area contributed by atoms with E-state index in [2.05, 4.69) is 15.6 Å². The van der Waals surface area contributed by atoms with Crippen LogP contribution in [0.5, 0.6) is 0 Å². The highest BCUT2D eigenvalue weighted by molar-refractivity contribution is 5.96. The number of hydrogen-bond acceptors (Lipinski definition) is 5. The van der Waals surface area contributed by atoms with Gasteiger partial charge in [-0.15, -0.1) is 0 Å². The molecule has 0 radical (unpaired) electrons. The molecule has 2 aliphatic rings. The molecule has 1 amide bonds. The topological polar surface area (TPSA) is 108 Å². The molecule has 0 atom stereocenters. The van der Waals surface area contributed by atoms with Crippen LogP contribution < -0.4 is 10.6 Å². The third-order valence-electron chi connectivity index (χ3n) is 7.91. The lowest BCUT2D eigenvalue weighted by molar-refractivity contribution is -0.143. The lowest BCUT2D eigenvalue weighted by Crippen LogP contribution is -2.35. The molecule has 2 fully saturated rings. The summed E-state index contributed by atoms with van der Waals surface area (Å²) in [5.41, 5.74) is -2.37. The first-order valence-corrected chi connectivity index (χ1v) is 14.5. The number of carboxylic acids is 1. The van der Waals surface area contributed by atoms with Crippen LogP contribution in [-0.4, -0.2) is 34.3 Å². The van der Waals surface area contributed by atoms with Crippen molar-refractivity contribution in [2.45, 2.75) is 64.2 Å². The Labute approximate surface area is 261 Å². The van der Waals surface area contributed by atoms with Crippen LogP contribution >= 0.6 is 0 Å². The molecule has 246 valence electrons. The molecule has 0 spiro atoms. The van der Waals surface area contributed by atoms with Gasteiger partial charge in [-0.05, 0) is 87.4 Å². The van der Waals surface area contributed by atoms with Gasteiger partial charge >= 0.3 is 18.3 Å². The van der Waals surface area contributed by atoms with Gasteiger partial charge in [-0.1, -0.05) is 24.3 Å². The summed E-state index contributed by atoms with van der Waals surface area (Å²) >= 11 is 0. The molecular formula is C33H33F6N3O4. The minimum absolute atomic E-state index is 0.0185. The van der Waals surface area contributed by atoms with E-state index in [0.717, 1.165) is 36.8 Å². The van der Waals surface area contributed by atoms with E-state index in [9.17, 15) is 40.7 Å². The zero-order valence-corrected chi connectivity index (χ0v) is 25.3. The maximum absolute atomic E-state index is 13.4. The number of amides is 1. The summed E-state index contributed by atoms with van der Waals surface area (Å²) in [5, 5.41) is 13.8. The zero-order chi connectivity index (χ0) is 34.0. The highest BCUT2D eigenvalue weighted by atomic mass is 19.4. The van der Waals surface area contributed by atoms with Gasteiger partial charge in [0.05, 0.1) is 40.9 Å². The number of Topliss-reactive ketones (excluding diaryl/α,β-unsaturated/α-hetero) is 1. The lowest BCUT2D eigenvalue weighted by Gasteiger charge is -2.26. The first-order chi connectivity index (χ1) is 21.4. The fourth-order valence-electron chi connectivity index (χ4n) is 4.54. The minimum atomic E-state index is -5.03. The number of aryl methyl sites for hydroxylation is 1. The van der Waals surface area contributed by atoms with Gasteiger partial charge in [-0.3, -0.25) is 14.4 Å². The van der Waals surface area contributed by atoms with E-state index in [-0.39, 0.29) is 23.8 Å². The van der Waals surface area contributed by atoms with Crippen molar-refractivity contribution in [3.63, 3.8) is 0 Å². The first kappa shape index (κ1) is 34.5. The number of nitrogens with zero attached hydrogens (tertiary/aromatic N) is 1. The van der Waals surface area contributed by atoms with Crippen LogP contribution in [0.25, 0.3) is 11.1 Å². The Kier molecular flexibility index (Phi) is 9.83. The van der Waals surface area contributed by atoms with E-state index >= 15 is 0 Å². The second kappa shape index (κ2) is 13.1. The Morgan fingerprint density at radius 1 is 0.826 bits per heavy atom. The van der Waals surface area contributed by atoms with Crippen molar-refractivity contribution < 1.29 is 45.8 Å². The van der Waals surface area contributed by atoms with Gasteiger partial charge in [-0.25, -0.2) is 4.98 Å². The van der Waals surface area contributed by atoms with Crippen molar-refractivity contribution in [2.75, 3.05) is 17.2 Å². The summed E-state index contributed by atoms with van der Waals surface area (Å²) in [6.45, 7) is 4.04. The van der Waals surface area contributed by atoms with Crippen LogP contribution in [0, 0.1) is 18.8 Å². The third kappa shape index (κ3) is 8.64. The van der Waals surface area contributed by atoms with Crippen molar-refractivity contribution in [1.29, 1.82) is 0 Å². The van der Waals surface area contributed by atoms with Crippen LogP contribution in [0.1, 0.15) is 61.8 Å². The summed E-state index contributed by atoms with van der Waals surface area (Å²) in [6.07, 6.45) is -5.22. The van der Waals surface area contributed by atoms with Gasteiger partial charge in [0.2, 0.25) is 5.91 Å². The summed E-state index contributed by atoms with van der Waals surface area (Å²) in [6, 6.07) is 10.2. The number of rotatable bonds is 9. The molecule has 0 bridgehead atoms. The minimum Gasteiger partial charge on any atom is -0.481 e. The zero-order valence-electron chi connectivity index (χ0n) is 25.3. The molecule has 0 saturated heterocycles. The van der Waals surface area contributed by atoms with Crippen molar-refractivity contribution in [3.05, 3.63) is 77.0 Å². The second-order valence-corrected chi connectivity index (χ2v) is 12.0. The average molecular weight is 650 g/mol. The molecule has 13 heteroatoms. The standard InChI is InChI=1S/C29H27F6N3O2.C4H6O2/c1-16-6-4-5-7-21(16)22-13-25(38-26(40)17-8-9-17)37-14-23(22)36-15-24(39)27(2,3)18-10-19(28(30,31)32)12-20(11-18)29(33,34)35;5-4(6)3-1-2-3/h4-7,10-14,17,36H,8-9,15H2,1-3H3,(H,37,38,40);3H,1-2H2,(H,5,6). The number of alkyl halides is 6. The number of anilines is 2. The number of carbonyl (C=O) groups excluding carboxylic acids is 2. The number of nitrogens with one attached hydrogen (secondary N) is 2. The number of pyridine rings is 1. The van der Waals surface area contributed by atoms with Crippen LogP contribution in [0.3, 0.4) is 0 Å². The Morgan fingerprint density at radius 3 is 1.85 bits per heavy atom. The molecule has 3 aromatic rings. The van der Waals surface area contributed by atoms with Crippen LogP contribution in [0.15, 0.2) is 54.7 Å². The van der Waals surface area contributed by atoms with Gasteiger partial charge in [0.25, 0.3) is 0 Å². The Bertz CT molecular complexity index is 1590. The second-order valence-electron chi connectivity index (χ2n) is 12.0. The number of carboxylic acid groups (broad SMARTS) is 1. The Balaban J connectivity index is 0.000000717. The monoisotopic (exact) mass is 649 g/mol. The Hall–Kier alpha value is -4.42. The predicted octanol–water partition coefficient (Wildman–Crippen LogP) is 7.88. The van der Waals surface area contributed by atoms with Gasteiger partial charge < -0.3 is 15.7 Å². The number of aliphatic carboxylic acids is 1. The highest BCUT2D eigenvalue weighted by Gasteiger charge is 2.40. The van der Waals surface area contributed by atoms with E-state index in [1.54, 1.807) is 6.07 Å². The predicted molar refractivity (Wildman–Crippen MR) is 159 cm³/mol. The summed E-state index contributed by atoms with van der Waals surface area (Å²) in [7, 11) is 0. The normalized spacial score (nSPS) is 15.0.